The lowest BCUT2D eigenvalue weighted by atomic mass is 10.0. The minimum atomic E-state index is -0.790. The maximum atomic E-state index is 14.4. The Balaban J connectivity index is 1.14. The highest BCUT2D eigenvalue weighted by Crippen LogP contribution is 2.41. The minimum absolute atomic E-state index is 0.0408. The normalized spacial score (nSPS) is 13.1. The van der Waals surface area contributed by atoms with Crippen LogP contribution < -0.4 is 16.0 Å². The number of ether oxygens (including phenoxy) is 2. The molecular formula is C48H44N4O7S2. The Bertz CT molecular complexity index is 2630. The molecule has 3 N–H and O–H groups in total. The highest BCUT2D eigenvalue weighted by atomic mass is 32.2. The maximum Gasteiger partial charge on any atom is 0.410 e. The van der Waals surface area contributed by atoms with Crippen molar-refractivity contribution in [1.29, 1.82) is 0 Å². The molecule has 0 fully saturated rings. The summed E-state index contributed by atoms with van der Waals surface area (Å²) in [5.41, 5.74) is 2.66. The molecule has 11 nitrogen and oxygen atoms in total. The van der Waals surface area contributed by atoms with Crippen LogP contribution in [0.4, 0.5) is 15.5 Å². The molecule has 0 saturated heterocycles. The Hall–Kier alpha value is -6.70. The molecule has 0 spiro atoms. The van der Waals surface area contributed by atoms with Crippen LogP contribution >= 0.6 is 23.1 Å². The third kappa shape index (κ3) is 10.4. The van der Waals surface area contributed by atoms with Crippen molar-refractivity contribution >= 4 is 80.4 Å². The lowest BCUT2D eigenvalue weighted by Gasteiger charge is -2.30. The van der Waals surface area contributed by atoms with Gasteiger partial charge in [-0.1, -0.05) is 97.1 Å². The van der Waals surface area contributed by atoms with Crippen molar-refractivity contribution in [2.24, 2.45) is 0 Å². The second kappa shape index (κ2) is 18.7. The number of methoxy groups -OCH3 is 1. The first kappa shape index (κ1) is 42.4. The van der Waals surface area contributed by atoms with Gasteiger partial charge in [0, 0.05) is 27.6 Å². The number of anilines is 2. The van der Waals surface area contributed by atoms with Crippen LogP contribution in [-0.2, 0) is 32.0 Å². The molecule has 4 amide bonds. The van der Waals surface area contributed by atoms with Gasteiger partial charge in [0.25, 0.3) is 11.8 Å². The monoisotopic (exact) mass is 852 g/mol. The molecule has 2 heterocycles. The van der Waals surface area contributed by atoms with Gasteiger partial charge in [-0.05, 0) is 91.1 Å². The second-order valence-corrected chi connectivity index (χ2v) is 17.5. The number of nitrogens with one attached hydrogen (secondary N) is 3. The first-order valence-electron chi connectivity index (χ1n) is 19.6. The summed E-state index contributed by atoms with van der Waals surface area (Å²) in [6, 6.07) is 38.6. The Morgan fingerprint density at radius 3 is 2.25 bits per heavy atom. The summed E-state index contributed by atoms with van der Waals surface area (Å²) < 4.78 is 10.8. The highest BCUT2D eigenvalue weighted by Gasteiger charge is 2.34. The maximum absolute atomic E-state index is 14.4. The number of rotatable bonds is 11. The van der Waals surface area contributed by atoms with Gasteiger partial charge in [0.1, 0.15) is 21.5 Å². The summed E-state index contributed by atoms with van der Waals surface area (Å²) in [4.78, 5) is 71.0. The number of nitrogens with zero attached hydrogens (tertiary/aromatic N) is 1. The third-order valence-electron chi connectivity index (χ3n) is 9.67. The summed E-state index contributed by atoms with van der Waals surface area (Å²) in [5, 5.41) is 10.2. The van der Waals surface area contributed by atoms with E-state index in [4.69, 9.17) is 9.47 Å². The van der Waals surface area contributed by atoms with E-state index in [1.54, 1.807) is 74.2 Å². The minimum Gasteiger partial charge on any atom is -0.465 e. The molecule has 6 aromatic rings. The molecule has 13 heteroatoms. The molecule has 1 aliphatic heterocycles. The number of hydrogen-bond donors (Lipinski definition) is 3. The fraction of sp³-hybridized carbons (Fsp3) is 0.188. The van der Waals surface area contributed by atoms with Gasteiger partial charge >= 0.3 is 12.1 Å². The Labute approximate surface area is 362 Å². The number of esters is 1. The van der Waals surface area contributed by atoms with E-state index < -0.39 is 34.7 Å². The van der Waals surface area contributed by atoms with E-state index in [1.165, 1.54) is 30.2 Å². The number of hydrogen-bond acceptors (Lipinski definition) is 9. The zero-order chi connectivity index (χ0) is 43.1. The average molecular weight is 853 g/mol. The number of amides is 4. The van der Waals surface area contributed by atoms with Crippen molar-refractivity contribution in [2.75, 3.05) is 24.3 Å². The van der Waals surface area contributed by atoms with Gasteiger partial charge in [0.05, 0.1) is 19.2 Å². The molecule has 61 heavy (non-hydrogen) atoms. The lowest BCUT2D eigenvalue weighted by Crippen LogP contribution is -2.39. The number of thioether (sulfide) groups is 1. The number of fused-ring (bicyclic) bond motifs is 2. The van der Waals surface area contributed by atoms with E-state index in [9.17, 15) is 24.0 Å². The lowest BCUT2D eigenvalue weighted by molar-refractivity contribution is -0.116. The van der Waals surface area contributed by atoms with Gasteiger partial charge in [-0.3, -0.25) is 14.4 Å². The van der Waals surface area contributed by atoms with Crippen LogP contribution in [0.2, 0.25) is 0 Å². The standard InChI is InChI=1S/C48H44N4O7S2/c1-48(2,3)59-47(57)52-26-25-37-39(29-52)61-45(40(37)46(56)58-4)51-44(55)41(31-16-7-5-8-17-31)60-35-23-14-22-34(28-35)49-43(54)38(50-42(53)32-18-9-6-10-19-32)27-33-21-13-20-30-15-11-12-24-36(30)33/h5-24,27-28,41H,25-26,29H2,1-4H3,(H,49,54)(H,50,53)(H,51,55)/b38-27+. The molecule has 0 bridgehead atoms. The van der Waals surface area contributed by atoms with E-state index >= 15 is 0 Å². The summed E-state index contributed by atoms with van der Waals surface area (Å²) in [5.74, 6) is -1.95. The van der Waals surface area contributed by atoms with Gasteiger partial charge in [0.15, 0.2) is 0 Å². The molecule has 1 aliphatic rings. The first-order valence-corrected chi connectivity index (χ1v) is 21.3. The predicted molar refractivity (Wildman–Crippen MR) is 241 cm³/mol. The van der Waals surface area contributed by atoms with Crippen LogP contribution in [0.25, 0.3) is 16.8 Å². The van der Waals surface area contributed by atoms with E-state index in [2.05, 4.69) is 16.0 Å². The number of benzene rings is 5. The molecule has 1 unspecified atom stereocenters. The summed E-state index contributed by atoms with van der Waals surface area (Å²) >= 11 is 2.50. The first-order chi connectivity index (χ1) is 29.4. The Morgan fingerprint density at radius 2 is 1.51 bits per heavy atom. The van der Waals surface area contributed by atoms with Crippen molar-refractivity contribution in [3.8, 4) is 0 Å². The molecule has 1 atom stereocenters. The highest BCUT2D eigenvalue weighted by molar-refractivity contribution is 8.00. The summed E-state index contributed by atoms with van der Waals surface area (Å²) in [6.07, 6.45) is 1.59. The molecule has 1 aromatic heterocycles. The quantitative estimate of drug-likeness (QED) is 0.0665. The van der Waals surface area contributed by atoms with Crippen molar-refractivity contribution in [3.63, 3.8) is 0 Å². The number of carbonyl (C=O) groups is 5. The third-order valence-corrected chi connectivity index (χ3v) is 12.1. The molecule has 0 radical (unpaired) electrons. The van der Waals surface area contributed by atoms with Crippen LogP contribution in [0, 0.1) is 0 Å². The van der Waals surface area contributed by atoms with Gasteiger partial charge < -0.3 is 30.3 Å². The zero-order valence-electron chi connectivity index (χ0n) is 34.0. The average Bonchev–Trinajstić information content (AvgIpc) is 3.62. The van der Waals surface area contributed by atoms with Gasteiger partial charge in [-0.15, -0.1) is 23.1 Å². The van der Waals surface area contributed by atoms with Crippen LogP contribution in [0.1, 0.15) is 68.3 Å². The zero-order valence-corrected chi connectivity index (χ0v) is 35.7. The van der Waals surface area contributed by atoms with E-state index in [0.717, 1.165) is 26.8 Å². The van der Waals surface area contributed by atoms with Crippen molar-refractivity contribution < 1.29 is 33.4 Å². The smallest absolute Gasteiger partial charge is 0.410 e. The van der Waals surface area contributed by atoms with Crippen LogP contribution in [0.3, 0.4) is 0 Å². The largest absolute Gasteiger partial charge is 0.465 e. The van der Waals surface area contributed by atoms with Crippen molar-refractivity contribution in [2.45, 2.75) is 49.5 Å². The SMILES string of the molecule is COC(=O)c1c(NC(=O)C(Sc2cccc(NC(=O)/C(=C\c3cccc4ccccc34)NC(=O)c3ccccc3)c2)c2ccccc2)sc2c1CCN(C(=O)OC(C)(C)C)C2. The fourth-order valence-corrected chi connectivity index (χ4v) is 9.16. The molecule has 5 aromatic carbocycles. The Morgan fingerprint density at radius 1 is 0.820 bits per heavy atom. The molecule has 7 rings (SSSR count). The molecular weight excluding hydrogens is 809 g/mol. The predicted octanol–water partition coefficient (Wildman–Crippen LogP) is 9.86. The van der Waals surface area contributed by atoms with Crippen LogP contribution in [0.5, 0.6) is 0 Å². The number of carbonyl (C=O) groups excluding carboxylic acids is 5. The van der Waals surface area contributed by atoms with E-state index in [0.29, 0.717) is 39.7 Å². The Kier molecular flexibility index (Phi) is 13.0. The number of thiophene rings is 1. The van der Waals surface area contributed by atoms with Gasteiger partial charge in [-0.2, -0.15) is 0 Å². The molecule has 310 valence electrons. The van der Waals surface area contributed by atoms with Gasteiger partial charge in [-0.25, -0.2) is 9.59 Å². The van der Waals surface area contributed by atoms with Crippen LogP contribution in [-0.4, -0.2) is 53.9 Å². The fourth-order valence-electron chi connectivity index (χ4n) is 6.83. The van der Waals surface area contributed by atoms with E-state index in [-0.39, 0.29) is 23.7 Å². The topological polar surface area (TPSA) is 143 Å². The second-order valence-electron chi connectivity index (χ2n) is 15.2. The van der Waals surface area contributed by atoms with E-state index in [1.807, 2.05) is 84.9 Å². The van der Waals surface area contributed by atoms with Crippen molar-refractivity contribution in [3.05, 3.63) is 166 Å². The summed E-state index contributed by atoms with van der Waals surface area (Å²) in [6.45, 7) is 5.97. The van der Waals surface area contributed by atoms with Crippen LogP contribution in [0.15, 0.2) is 138 Å². The molecule has 0 aliphatic carbocycles. The molecule has 0 saturated carbocycles. The van der Waals surface area contributed by atoms with Gasteiger partial charge in [0.2, 0.25) is 5.91 Å². The van der Waals surface area contributed by atoms with Crippen molar-refractivity contribution in [1.82, 2.24) is 10.2 Å². The summed E-state index contributed by atoms with van der Waals surface area (Å²) in [7, 11) is 1.29.